The van der Waals surface area contributed by atoms with E-state index in [1.165, 1.54) is 48.0 Å². The number of anilines is 2. The van der Waals surface area contributed by atoms with Crippen molar-refractivity contribution in [2.45, 2.75) is 22.7 Å². The van der Waals surface area contributed by atoms with Gasteiger partial charge in [0.1, 0.15) is 29.1 Å². The summed E-state index contributed by atoms with van der Waals surface area (Å²) in [7, 11) is 3.05. The molecule has 4 aromatic rings. The molecule has 0 bridgehead atoms. The fourth-order valence-electron chi connectivity index (χ4n) is 5.38. The number of nitrogens with one attached hydrogen (secondary N) is 1. The van der Waals surface area contributed by atoms with Crippen LogP contribution >= 0.6 is 23.1 Å². The maximum atomic E-state index is 14.0. The molecule has 214 valence electrons. The van der Waals surface area contributed by atoms with Crippen molar-refractivity contribution >= 4 is 52.2 Å². The molecule has 1 fully saturated rings. The summed E-state index contributed by atoms with van der Waals surface area (Å²) in [6.07, 6.45) is 0. The number of carbonyl (C=O) groups is 3. The van der Waals surface area contributed by atoms with Crippen LogP contribution in [0.25, 0.3) is 0 Å². The highest BCUT2D eigenvalue weighted by Crippen LogP contribution is 2.55. The van der Waals surface area contributed by atoms with Gasteiger partial charge in [-0.2, -0.15) is 0 Å². The van der Waals surface area contributed by atoms with Crippen molar-refractivity contribution in [3.05, 3.63) is 98.7 Å². The zero-order valence-electron chi connectivity index (χ0n) is 22.4. The van der Waals surface area contributed by atoms with E-state index in [0.717, 1.165) is 23.1 Å². The van der Waals surface area contributed by atoms with Crippen LogP contribution in [0.3, 0.4) is 0 Å². The van der Waals surface area contributed by atoms with E-state index in [0.29, 0.717) is 38.3 Å². The first-order chi connectivity index (χ1) is 20.3. The SMILES string of the molecule is COc1ccc(N2C(=O)C3Sc4c(sc(=O)n4CC(=O)Nc4ccc(F)cc4)[C@H](c4ccccc4OC)C3C2=O)cc1. The summed E-state index contributed by atoms with van der Waals surface area (Å²) in [5.41, 5.74) is 1.46. The van der Waals surface area contributed by atoms with Crippen molar-refractivity contribution in [3.8, 4) is 11.5 Å². The first-order valence-electron chi connectivity index (χ1n) is 12.9. The zero-order chi connectivity index (χ0) is 29.5. The molecule has 3 aromatic carbocycles. The Morgan fingerprint density at radius 2 is 1.64 bits per heavy atom. The molecule has 1 N–H and O–H groups in total. The van der Waals surface area contributed by atoms with Gasteiger partial charge in [-0.25, -0.2) is 9.29 Å². The number of hydrogen-bond acceptors (Lipinski definition) is 8. The summed E-state index contributed by atoms with van der Waals surface area (Å²) in [5.74, 6) is -2.10. The summed E-state index contributed by atoms with van der Waals surface area (Å²) < 4.78 is 25.5. The van der Waals surface area contributed by atoms with E-state index < -0.39 is 39.6 Å². The summed E-state index contributed by atoms with van der Waals surface area (Å²) >= 11 is 2.07. The normalized spacial score (nSPS) is 19.3. The minimum Gasteiger partial charge on any atom is -0.497 e. The Hall–Kier alpha value is -4.42. The molecule has 3 atom stereocenters. The van der Waals surface area contributed by atoms with Crippen LogP contribution in [0.5, 0.6) is 11.5 Å². The van der Waals surface area contributed by atoms with Crippen LogP contribution in [0.2, 0.25) is 0 Å². The molecule has 42 heavy (non-hydrogen) atoms. The van der Waals surface area contributed by atoms with Crippen molar-refractivity contribution < 1.29 is 28.2 Å². The number of thioether (sulfide) groups is 1. The number of aromatic nitrogens is 1. The maximum Gasteiger partial charge on any atom is 0.308 e. The van der Waals surface area contributed by atoms with Crippen LogP contribution < -0.4 is 24.6 Å². The number of amides is 3. The molecule has 0 radical (unpaired) electrons. The summed E-state index contributed by atoms with van der Waals surface area (Å²) in [5, 5.41) is 2.28. The van der Waals surface area contributed by atoms with Crippen molar-refractivity contribution in [3.63, 3.8) is 0 Å². The number of benzene rings is 3. The zero-order valence-corrected chi connectivity index (χ0v) is 24.0. The number of nitrogens with zero attached hydrogens (tertiary/aromatic N) is 2. The number of hydrogen-bond donors (Lipinski definition) is 1. The largest absolute Gasteiger partial charge is 0.497 e. The van der Waals surface area contributed by atoms with Crippen LogP contribution in [-0.2, 0) is 20.9 Å². The second-order valence-corrected chi connectivity index (χ2v) is 11.8. The van der Waals surface area contributed by atoms with Gasteiger partial charge in [0.25, 0.3) is 0 Å². The van der Waals surface area contributed by atoms with Gasteiger partial charge in [0.05, 0.1) is 30.9 Å². The number of rotatable bonds is 7. The van der Waals surface area contributed by atoms with Gasteiger partial charge in [-0.15, -0.1) is 0 Å². The van der Waals surface area contributed by atoms with Crippen LogP contribution in [0.4, 0.5) is 15.8 Å². The monoisotopic (exact) mass is 605 g/mol. The van der Waals surface area contributed by atoms with Crippen LogP contribution in [0, 0.1) is 11.7 Å². The van der Waals surface area contributed by atoms with Crippen molar-refractivity contribution in [2.24, 2.45) is 5.92 Å². The van der Waals surface area contributed by atoms with Gasteiger partial charge in [0.2, 0.25) is 17.7 Å². The molecule has 3 heterocycles. The molecule has 1 saturated heterocycles. The second kappa shape index (κ2) is 11.1. The molecule has 0 aliphatic carbocycles. The maximum absolute atomic E-state index is 14.0. The average molecular weight is 606 g/mol. The van der Waals surface area contributed by atoms with Gasteiger partial charge in [-0.3, -0.25) is 23.7 Å². The van der Waals surface area contributed by atoms with E-state index in [9.17, 15) is 23.6 Å². The Bertz CT molecular complexity index is 1750. The Morgan fingerprint density at radius 1 is 0.929 bits per heavy atom. The number of fused-ring (bicyclic) bond motifs is 2. The van der Waals surface area contributed by atoms with E-state index in [-0.39, 0.29) is 12.5 Å². The lowest BCUT2D eigenvalue weighted by molar-refractivity contribution is -0.122. The van der Waals surface area contributed by atoms with Gasteiger partial charge in [0, 0.05) is 22.0 Å². The summed E-state index contributed by atoms with van der Waals surface area (Å²) in [6, 6.07) is 19.2. The fraction of sp³-hybridized carbons (Fsp3) is 0.200. The minimum atomic E-state index is -0.845. The number of methoxy groups -OCH3 is 2. The first-order valence-corrected chi connectivity index (χ1v) is 14.6. The van der Waals surface area contributed by atoms with Crippen LogP contribution in [0.15, 0.2) is 82.6 Å². The van der Waals surface area contributed by atoms with Crippen LogP contribution in [0.1, 0.15) is 16.4 Å². The van der Waals surface area contributed by atoms with Gasteiger partial charge >= 0.3 is 4.87 Å². The first kappa shape index (κ1) is 27.7. The number of thiazole rings is 1. The smallest absolute Gasteiger partial charge is 0.308 e. The lowest BCUT2D eigenvalue weighted by Crippen LogP contribution is -2.33. The molecule has 3 amide bonds. The highest BCUT2D eigenvalue weighted by Gasteiger charge is 2.57. The third-order valence-electron chi connectivity index (χ3n) is 7.28. The molecule has 2 aliphatic rings. The standard InChI is InChI=1S/C30H24FN3O6S2/c1-39-19-13-11-18(12-14-19)34-27(36)24-23(20-5-3-4-6-21(20)40-2)26-29(41-25(24)28(34)37)33(30(38)42-26)15-22(35)32-17-9-7-16(31)8-10-17/h3-14,23-25H,15H2,1-2H3,(H,32,35)/t23-,24?,25?/m1/s1. The predicted molar refractivity (Wildman–Crippen MR) is 157 cm³/mol. The van der Waals surface area contributed by atoms with Gasteiger partial charge in [-0.05, 0) is 54.6 Å². The molecular formula is C30H24FN3O6S2. The van der Waals surface area contributed by atoms with E-state index in [1.807, 2.05) is 12.1 Å². The van der Waals surface area contributed by atoms with E-state index in [4.69, 9.17) is 9.47 Å². The molecule has 6 rings (SSSR count). The summed E-state index contributed by atoms with van der Waals surface area (Å²) in [4.78, 5) is 55.6. The Labute approximate surface area is 247 Å². The molecule has 0 saturated carbocycles. The van der Waals surface area contributed by atoms with Gasteiger partial charge in [-0.1, -0.05) is 41.3 Å². The average Bonchev–Trinajstić information content (AvgIpc) is 3.44. The Kier molecular flexibility index (Phi) is 7.33. The molecule has 2 unspecified atom stereocenters. The van der Waals surface area contributed by atoms with Crippen molar-refractivity contribution in [1.82, 2.24) is 4.57 Å². The molecule has 12 heteroatoms. The summed E-state index contributed by atoms with van der Waals surface area (Å²) in [6.45, 7) is -0.324. The number of carbonyl (C=O) groups excluding carboxylic acids is 3. The van der Waals surface area contributed by atoms with Crippen molar-refractivity contribution in [2.75, 3.05) is 24.4 Å². The number of ether oxygens (including phenoxy) is 2. The topological polar surface area (TPSA) is 107 Å². The number of halogens is 1. The predicted octanol–water partition coefficient (Wildman–Crippen LogP) is 4.50. The van der Waals surface area contributed by atoms with Crippen molar-refractivity contribution in [1.29, 1.82) is 0 Å². The molecule has 1 aromatic heterocycles. The quantitative estimate of drug-likeness (QED) is 0.309. The number of para-hydroxylation sites is 1. The lowest BCUT2D eigenvalue weighted by atomic mass is 9.82. The highest BCUT2D eigenvalue weighted by atomic mass is 32.2. The third kappa shape index (κ3) is 4.76. The van der Waals surface area contributed by atoms with Crippen LogP contribution in [-0.4, -0.2) is 41.8 Å². The molecule has 9 nitrogen and oxygen atoms in total. The third-order valence-corrected chi connectivity index (χ3v) is 9.89. The molecular weight excluding hydrogens is 581 g/mol. The Balaban J connectivity index is 1.42. The van der Waals surface area contributed by atoms with E-state index in [2.05, 4.69) is 5.32 Å². The molecule has 0 spiro atoms. The minimum absolute atomic E-state index is 0.324. The second-order valence-electron chi connectivity index (χ2n) is 9.67. The number of imide groups is 1. The fourth-order valence-corrected chi connectivity index (χ4v) is 8.14. The van der Waals surface area contributed by atoms with E-state index in [1.54, 1.807) is 36.4 Å². The molecule has 2 aliphatic heterocycles. The van der Waals surface area contributed by atoms with E-state index >= 15 is 0 Å². The Morgan fingerprint density at radius 3 is 2.33 bits per heavy atom. The highest BCUT2D eigenvalue weighted by molar-refractivity contribution is 8.00. The lowest BCUT2D eigenvalue weighted by Gasteiger charge is -2.31. The van der Waals surface area contributed by atoms with Gasteiger partial charge < -0.3 is 14.8 Å². The van der Waals surface area contributed by atoms with Gasteiger partial charge in [0.15, 0.2) is 0 Å².